The van der Waals surface area contributed by atoms with Gasteiger partial charge in [-0.2, -0.15) is 0 Å². The van der Waals surface area contributed by atoms with Crippen LogP contribution < -0.4 is 10.5 Å². The van der Waals surface area contributed by atoms with Gasteiger partial charge >= 0.3 is 0 Å². The number of hydrogen-bond donors (Lipinski definition) is 1. The van der Waals surface area contributed by atoms with Crippen molar-refractivity contribution in [3.8, 4) is 11.5 Å². The van der Waals surface area contributed by atoms with Gasteiger partial charge in [0, 0.05) is 0 Å². The minimum atomic E-state index is -0.426. The number of hydrogen-bond acceptors (Lipinski definition) is 2. The predicted octanol–water partition coefficient (Wildman–Crippen LogP) is 3.25. The van der Waals surface area contributed by atoms with E-state index in [-0.39, 0.29) is 10.7 Å². The van der Waals surface area contributed by atoms with Crippen molar-refractivity contribution in [3.63, 3.8) is 0 Å². The molecule has 0 unspecified atom stereocenters. The largest absolute Gasteiger partial charge is 0.454 e. The average Bonchev–Trinajstić information content (AvgIpc) is 2.32. The van der Waals surface area contributed by atoms with Crippen LogP contribution in [0.25, 0.3) is 0 Å². The highest BCUT2D eigenvalue weighted by Crippen LogP contribution is 2.26. The molecule has 0 amide bonds. The molecule has 0 spiro atoms. The number of thiocarbonyl (C=S) groups is 1. The van der Waals surface area contributed by atoms with Crippen molar-refractivity contribution in [1.29, 1.82) is 0 Å². The molecule has 0 atom stereocenters. The molecule has 2 aromatic rings. The first-order valence-corrected chi connectivity index (χ1v) is 5.40. The summed E-state index contributed by atoms with van der Waals surface area (Å²) in [5, 5.41) is 0. The lowest BCUT2D eigenvalue weighted by Gasteiger charge is -2.10. The van der Waals surface area contributed by atoms with Gasteiger partial charge in [-0.1, -0.05) is 36.5 Å². The first-order chi connectivity index (χ1) is 8.18. The van der Waals surface area contributed by atoms with E-state index in [1.807, 2.05) is 0 Å². The highest BCUT2D eigenvalue weighted by Gasteiger charge is 2.08. The van der Waals surface area contributed by atoms with E-state index in [2.05, 4.69) is 0 Å². The van der Waals surface area contributed by atoms with Gasteiger partial charge in [-0.25, -0.2) is 4.39 Å². The molecule has 2 aromatic carbocycles. The van der Waals surface area contributed by atoms with Crippen molar-refractivity contribution in [2.75, 3.05) is 0 Å². The van der Waals surface area contributed by atoms with Crippen LogP contribution in [0.1, 0.15) is 5.56 Å². The van der Waals surface area contributed by atoms with Crippen LogP contribution in [0, 0.1) is 5.82 Å². The van der Waals surface area contributed by atoms with E-state index in [4.69, 9.17) is 22.7 Å². The maximum atomic E-state index is 13.4. The number of rotatable bonds is 3. The molecular formula is C13H10FNOS. The van der Waals surface area contributed by atoms with Crippen molar-refractivity contribution in [3.05, 3.63) is 59.9 Å². The van der Waals surface area contributed by atoms with Crippen LogP contribution in [0.15, 0.2) is 48.5 Å². The van der Waals surface area contributed by atoms with Crippen molar-refractivity contribution in [2.24, 2.45) is 5.73 Å². The first kappa shape index (κ1) is 11.5. The van der Waals surface area contributed by atoms with E-state index in [0.717, 1.165) is 0 Å². The molecule has 0 saturated carbocycles. The van der Waals surface area contributed by atoms with Crippen LogP contribution in [0.4, 0.5) is 4.39 Å². The Balaban J connectivity index is 2.37. The van der Waals surface area contributed by atoms with Crippen LogP contribution in [0.5, 0.6) is 11.5 Å². The Morgan fingerprint density at radius 2 is 1.59 bits per heavy atom. The lowest BCUT2D eigenvalue weighted by molar-refractivity contribution is 0.441. The highest BCUT2D eigenvalue weighted by molar-refractivity contribution is 7.80. The van der Waals surface area contributed by atoms with Gasteiger partial charge < -0.3 is 10.5 Å². The molecule has 0 aliphatic rings. The summed E-state index contributed by atoms with van der Waals surface area (Å²) < 4.78 is 18.9. The highest BCUT2D eigenvalue weighted by atomic mass is 32.1. The molecule has 4 heteroatoms. The quantitative estimate of drug-likeness (QED) is 0.845. The van der Waals surface area contributed by atoms with E-state index >= 15 is 0 Å². The summed E-state index contributed by atoms with van der Waals surface area (Å²) in [7, 11) is 0. The summed E-state index contributed by atoms with van der Waals surface area (Å²) >= 11 is 4.90. The molecule has 0 aliphatic heterocycles. The van der Waals surface area contributed by atoms with Crippen LogP contribution in [0.3, 0.4) is 0 Å². The topological polar surface area (TPSA) is 35.2 Å². The van der Waals surface area contributed by atoms with Gasteiger partial charge in [-0.3, -0.25) is 0 Å². The Kier molecular flexibility index (Phi) is 3.35. The summed E-state index contributed by atoms with van der Waals surface area (Å²) in [5.41, 5.74) is 6.15. The SMILES string of the molecule is NC(=S)c1ccccc1Oc1ccccc1F. The minimum absolute atomic E-state index is 0.149. The van der Waals surface area contributed by atoms with Gasteiger partial charge in [0.2, 0.25) is 0 Å². The number of ether oxygens (including phenoxy) is 1. The second-order valence-corrected chi connectivity index (χ2v) is 3.83. The van der Waals surface area contributed by atoms with Gasteiger partial charge in [0.1, 0.15) is 10.7 Å². The molecule has 2 rings (SSSR count). The monoisotopic (exact) mass is 247 g/mol. The van der Waals surface area contributed by atoms with Gasteiger partial charge in [0.25, 0.3) is 0 Å². The predicted molar refractivity (Wildman–Crippen MR) is 68.8 cm³/mol. The van der Waals surface area contributed by atoms with E-state index in [1.165, 1.54) is 6.07 Å². The standard InChI is InChI=1S/C13H10FNOS/c14-10-6-2-4-8-12(10)16-11-7-3-1-5-9(11)13(15)17/h1-8H,(H2,15,17). The summed E-state index contributed by atoms with van der Waals surface area (Å²) in [6.45, 7) is 0. The second kappa shape index (κ2) is 4.93. The number of para-hydroxylation sites is 2. The Labute approximate surface area is 104 Å². The van der Waals surface area contributed by atoms with Crippen LogP contribution in [-0.2, 0) is 0 Å². The van der Waals surface area contributed by atoms with Gasteiger partial charge in [-0.15, -0.1) is 0 Å². The normalized spacial score (nSPS) is 9.94. The summed E-state index contributed by atoms with van der Waals surface area (Å²) in [6, 6.07) is 13.2. The lowest BCUT2D eigenvalue weighted by atomic mass is 10.2. The molecule has 2 nitrogen and oxygen atoms in total. The van der Waals surface area contributed by atoms with Crippen LogP contribution in [-0.4, -0.2) is 4.99 Å². The minimum Gasteiger partial charge on any atom is -0.454 e. The maximum Gasteiger partial charge on any atom is 0.165 e. The summed E-state index contributed by atoms with van der Waals surface area (Å²) in [6.07, 6.45) is 0. The molecule has 17 heavy (non-hydrogen) atoms. The lowest BCUT2D eigenvalue weighted by Crippen LogP contribution is -2.10. The molecule has 2 N–H and O–H groups in total. The number of halogens is 1. The van der Waals surface area contributed by atoms with E-state index in [1.54, 1.807) is 42.5 Å². The number of nitrogens with two attached hydrogens (primary N) is 1. The van der Waals surface area contributed by atoms with Crippen LogP contribution in [0.2, 0.25) is 0 Å². The molecule has 0 fully saturated rings. The Morgan fingerprint density at radius 1 is 1.00 bits per heavy atom. The molecule has 0 saturated heterocycles. The zero-order valence-electron chi connectivity index (χ0n) is 8.89. The third kappa shape index (κ3) is 2.60. The zero-order chi connectivity index (χ0) is 12.3. The third-order valence-corrected chi connectivity index (χ3v) is 2.43. The van der Waals surface area contributed by atoms with Gasteiger partial charge in [0.15, 0.2) is 11.6 Å². The fourth-order valence-electron chi connectivity index (χ4n) is 1.41. The molecule has 0 bridgehead atoms. The molecule has 0 radical (unpaired) electrons. The Morgan fingerprint density at radius 3 is 2.24 bits per heavy atom. The van der Waals surface area contributed by atoms with E-state index in [0.29, 0.717) is 11.3 Å². The number of benzene rings is 2. The third-order valence-electron chi connectivity index (χ3n) is 2.21. The molecular weight excluding hydrogens is 237 g/mol. The van der Waals surface area contributed by atoms with Crippen molar-refractivity contribution in [1.82, 2.24) is 0 Å². The fraction of sp³-hybridized carbons (Fsp3) is 0. The average molecular weight is 247 g/mol. The Bertz CT molecular complexity index is 557. The molecule has 0 aromatic heterocycles. The van der Waals surface area contributed by atoms with Gasteiger partial charge in [-0.05, 0) is 24.3 Å². The molecule has 86 valence electrons. The van der Waals surface area contributed by atoms with E-state index < -0.39 is 5.82 Å². The zero-order valence-corrected chi connectivity index (χ0v) is 9.71. The van der Waals surface area contributed by atoms with E-state index in [9.17, 15) is 4.39 Å². The Hall–Kier alpha value is -1.94. The second-order valence-electron chi connectivity index (χ2n) is 3.39. The molecule has 0 heterocycles. The smallest absolute Gasteiger partial charge is 0.165 e. The molecule has 0 aliphatic carbocycles. The summed E-state index contributed by atoms with van der Waals surface area (Å²) in [5.74, 6) is 0.173. The van der Waals surface area contributed by atoms with Gasteiger partial charge in [0.05, 0.1) is 5.56 Å². The van der Waals surface area contributed by atoms with Crippen molar-refractivity contribution in [2.45, 2.75) is 0 Å². The van der Waals surface area contributed by atoms with Crippen LogP contribution >= 0.6 is 12.2 Å². The summed E-state index contributed by atoms with van der Waals surface area (Å²) in [4.78, 5) is 0.219. The maximum absolute atomic E-state index is 13.4. The van der Waals surface area contributed by atoms with Crippen molar-refractivity contribution >= 4 is 17.2 Å². The first-order valence-electron chi connectivity index (χ1n) is 4.99. The fourth-order valence-corrected chi connectivity index (χ4v) is 1.57. The van der Waals surface area contributed by atoms with Crippen molar-refractivity contribution < 1.29 is 9.13 Å².